The Morgan fingerprint density at radius 3 is 3.17 bits per heavy atom. The molecule has 2 rings (SSSR count). The fraction of sp³-hybridized carbons (Fsp3) is 0.571. The van der Waals surface area contributed by atoms with Gasteiger partial charge in [-0.3, -0.25) is 4.98 Å². The number of carbonyl (C=O) groups is 1. The molecule has 1 unspecified atom stereocenters. The number of rotatable bonds is 3. The normalized spacial score (nSPS) is 19.6. The van der Waals surface area contributed by atoms with Crippen molar-refractivity contribution in [3.8, 4) is 0 Å². The maximum atomic E-state index is 12.1. The van der Waals surface area contributed by atoms with Gasteiger partial charge >= 0.3 is 6.03 Å². The number of nitrogens with one attached hydrogen (secondary N) is 1. The number of hydrogen-bond acceptors (Lipinski definition) is 2. The van der Waals surface area contributed by atoms with Crippen LogP contribution in [0.15, 0.2) is 24.5 Å². The number of likely N-dealkylation sites (tertiary alicyclic amines) is 1. The minimum atomic E-state index is 0.0606. The summed E-state index contributed by atoms with van der Waals surface area (Å²) in [7, 11) is 0. The molecule has 1 fully saturated rings. The smallest absolute Gasteiger partial charge is 0.317 e. The van der Waals surface area contributed by atoms with Crippen molar-refractivity contribution in [1.82, 2.24) is 15.2 Å². The van der Waals surface area contributed by atoms with Gasteiger partial charge in [0, 0.05) is 25.5 Å². The lowest BCUT2D eigenvalue weighted by molar-refractivity contribution is 0.151. The molecule has 1 aliphatic heterocycles. The Labute approximate surface area is 108 Å². The molecule has 2 amide bonds. The highest BCUT2D eigenvalue weighted by Crippen LogP contribution is 2.30. The van der Waals surface area contributed by atoms with Gasteiger partial charge in [-0.2, -0.15) is 0 Å². The topological polar surface area (TPSA) is 45.2 Å². The van der Waals surface area contributed by atoms with Crippen LogP contribution >= 0.6 is 0 Å². The average Bonchev–Trinajstić information content (AvgIpc) is 2.45. The summed E-state index contributed by atoms with van der Waals surface area (Å²) in [5, 5.41) is 2.97. The van der Waals surface area contributed by atoms with E-state index in [1.54, 1.807) is 6.20 Å². The van der Waals surface area contributed by atoms with Gasteiger partial charge in [0.15, 0.2) is 0 Å². The van der Waals surface area contributed by atoms with Gasteiger partial charge in [-0.05, 0) is 37.3 Å². The molecule has 2 heterocycles. The van der Waals surface area contributed by atoms with Gasteiger partial charge < -0.3 is 10.2 Å². The van der Waals surface area contributed by atoms with Crippen LogP contribution in [0.1, 0.15) is 44.2 Å². The summed E-state index contributed by atoms with van der Waals surface area (Å²) in [4.78, 5) is 18.2. The minimum Gasteiger partial charge on any atom is -0.338 e. The van der Waals surface area contributed by atoms with Crippen LogP contribution in [0.2, 0.25) is 0 Å². The summed E-state index contributed by atoms with van der Waals surface area (Å²) >= 11 is 0. The first-order chi connectivity index (χ1) is 8.83. The van der Waals surface area contributed by atoms with Gasteiger partial charge in [0.1, 0.15) is 0 Å². The number of hydrogen-bond donors (Lipinski definition) is 1. The highest BCUT2D eigenvalue weighted by atomic mass is 16.2. The van der Waals surface area contributed by atoms with Gasteiger partial charge in [-0.25, -0.2) is 4.79 Å². The molecule has 0 aliphatic carbocycles. The van der Waals surface area contributed by atoms with Crippen molar-refractivity contribution >= 4 is 6.03 Å². The number of aromatic nitrogens is 1. The highest BCUT2D eigenvalue weighted by Gasteiger charge is 2.27. The third-order valence-electron chi connectivity index (χ3n) is 3.36. The number of nitrogens with zero attached hydrogens (tertiary/aromatic N) is 2. The van der Waals surface area contributed by atoms with Crippen molar-refractivity contribution in [2.45, 2.75) is 38.6 Å². The fourth-order valence-electron chi connectivity index (χ4n) is 2.43. The zero-order chi connectivity index (χ0) is 12.8. The largest absolute Gasteiger partial charge is 0.338 e. The number of pyridine rings is 1. The van der Waals surface area contributed by atoms with E-state index < -0.39 is 0 Å². The first-order valence-corrected chi connectivity index (χ1v) is 6.77. The molecule has 1 atom stereocenters. The Balaban J connectivity index is 2.09. The van der Waals surface area contributed by atoms with Gasteiger partial charge in [-0.15, -0.1) is 0 Å². The number of urea groups is 1. The molecule has 4 heteroatoms. The van der Waals surface area contributed by atoms with Crippen molar-refractivity contribution in [3.05, 3.63) is 30.1 Å². The number of carbonyl (C=O) groups excluding carboxylic acids is 1. The van der Waals surface area contributed by atoms with Crippen LogP contribution < -0.4 is 5.32 Å². The average molecular weight is 247 g/mol. The lowest BCUT2D eigenvalue weighted by Gasteiger charge is -2.35. The Morgan fingerprint density at radius 2 is 2.44 bits per heavy atom. The van der Waals surface area contributed by atoms with E-state index in [-0.39, 0.29) is 12.1 Å². The van der Waals surface area contributed by atoms with E-state index >= 15 is 0 Å². The molecular weight excluding hydrogens is 226 g/mol. The van der Waals surface area contributed by atoms with Crippen molar-refractivity contribution in [3.63, 3.8) is 0 Å². The summed E-state index contributed by atoms with van der Waals surface area (Å²) < 4.78 is 0. The quantitative estimate of drug-likeness (QED) is 0.892. The van der Waals surface area contributed by atoms with Crippen LogP contribution in [-0.2, 0) is 0 Å². The molecule has 0 saturated carbocycles. The summed E-state index contributed by atoms with van der Waals surface area (Å²) in [6.45, 7) is 3.65. The summed E-state index contributed by atoms with van der Waals surface area (Å²) in [6.07, 6.45) is 7.92. The monoisotopic (exact) mass is 247 g/mol. The SMILES string of the molecule is CCCNC(=O)N1CCCCC1c1cccnc1. The molecule has 4 nitrogen and oxygen atoms in total. The second kappa shape index (κ2) is 6.38. The maximum Gasteiger partial charge on any atom is 0.317 e. The van der Waals surface area contributed by atoms with Crippen LogP contribution in [0.5, 0.6) is 0 Å². The zero-order valence-electron chi connectivity index (χ0n) is 10.9. The Hall–Kier alpha value is -1.58. The first kappa shape index (κ1) is 12.9. The number of amides is 2. The molecule has 1 saturated heterocycles. The highest BCUT2D eigenvalue weighted by molar-refractivity contribution is 5.74. The van der Waals surface area contributed by atoms with Gasteiger partial charge in [0.05, 0.1) is 6.04 Å². The maximum absolute atomic E-state index is 12.1. The van der Waals surface area contributed by atoms with Gasteiger partial charge in [0.2, 0.25) is 0 Å². The van der Waals surface area contributed by atoms with Gasteiger partial charge in [-0.1, -0.05) is 13.0 Å². The van der Waals surface area contributed by atoms with E-state index in [1.165, 1.54) is 6.42 Å². The molecule has 0 bridgehead atoms. The van der Waals surface area contributed by atoms with E-state index in [0.29, 0.717) is 0 Å². The molecular formula is C14H21N3O. The molecule has 0 spiro atoms. The lowest BCUT2D eigenvalue weighted by atomic mass is 9.97. The summed E-state index contributed by atoms with van der Waals surface area (Å²) in [5.41, 5.74) is 1.14. The second-order valence-electron chi connectivity index (χ2n) is 4.72. The Morgan fingerprint density at radius 1 is 1.56 bits per heavy atom. The molecule has 1 aromatic heterocycles. The van der Waals surface area contributed by atoms with Gasteiger partial charge in [0.25, 0.3) is 0 Å². The van der Waals surface area contributed by atoms with Crippen LogP contribution in [0, 0.1) is 0 Å². The molecule has 0 radical (unpaired) electrons. The third-order valence-corrected chi connectivity index (χ3v) is 3.36. The van der Waals surface area contributed by atoms with Crippen molar-refractivity contribution < 1.29 is 4.79 Å². The molecule has 1 aromatic rings. The fourth-order valence-corrected chi connectivity index (χ4v) is 2.43. The van der Waals surface area contributed by atoms with Crippen molar-refractivity contribution in [2.24, 2.45) is 0 Å². The molecule has 18 heavy (non-hydrogen) atoms. The van der Waals surface area contributed by atoms with E-state index in [1.807, 2.05) is 17.2 Å². The van der Waals surface area contributed by atoms with Crippen molar-refractivity contribution in [2.75, 3.05) is 13.1 Å². The lowest BCUT2D eigenvalue weighted by Crippen LogP contribution is -2.44. The third kappa shape index (κ3) is 3.00. The van der Waals surface area contributed by atoms with E-state index in [9.17, 15) is 4.79 Å². The molecule has 1 aliphatic rings. The number of piperidine rings is 1. The first-order valence-electron chi connectivity index (χ1n) is 6.77. The van der Waals surface area contributed by atoms with E-state index in [0.717, 1.165) is 37.9 Å². The Kier molecular flexibility index (Phi) is 4.56. The summed E-state index contributed by atoms with van der Waals surface area (Å²) in [6, 6.07) is 4.24. The molecule has 0 aromatic carbocycles. The van der Waals surface area contributed by atoms with Crippen LogP contribution in [0.3, 0.4) is 0 Å². The van der Waals surface area contributed by atoms with Crippen LogP contribution in [0.25, 0.3) is 0 Å². The molecule has 1 N–H and O–H groups in total. The predicted molar refractivity (Wildman–Crippen MR) is 71.2 cm³/mol. The summed E-state index contributed by atoms with van der Waals surface area (Å²) in [5.74, 6) is 0. The van der Waals surface area contributed by atoms with Crippen molar-refractivity contribution in [1.29, 1.82) is 0 Å². The van der Waals surface area contributed by atoms with Crippen LogP contribution in [-0.4, -0.2) is 29.0 Å². The zero-order valence-corrected chi connectivity index (χ0v) is 10.9. The van der Waals surface area contributed by atoms with Crippen LogP contribution in [0.4, 0.5) is 4.79 Å². The van der Waals surface area contributed by atoms with E-state index in [2.05, 4.69) is 23.3 Å². The molecule has 98 valence electrons. The van der Waals surface area contributed by atoms with E-state index in [4.69, 9.17) is 0 Å². The minimum absolute atomic E-state index is 0.0606. The second-order valence-corrected chi connectivity index (χ2v) is 4.72. The standard InChI is InChI=1S/C14H21N3O/c1-2-8-16-14(18)17-10-4-3-7-13(17)12-6-5-9-15-11-12/h5-6,9,11,13H,2-4,7-8,10H2,1H3,(H,16,18). The predicted octanol–water partition coefficient (Wildman–Crippen LogP) is 2.73. The Bertz CT molecular complexity index is 380.